The van der Waals surface area contributed by atoms with Crippen LogP contribution in [0.25, 0.3) is 11.0 Å². The van der Waals surface area contributed by atoms with E-state index in [1.54, 1.807) is 28.7 Å². The molecule has 20 heavy (non-hydrogen) atoms. The molecule has 5 nitrogen and oxygen atoms in total. The van der Waals surface area contributed by atoms with Crippen LogP contribution in [0.4, 0.5) is 0 Å². The Morgan fingerprint density at radius 2 is 2.10 bits per heavy atom. The number of aromatic nitrogens is 3. The van der Waals surface area contributed by atoms with Gasteiger partial charge in [-0.1, -0.05) is 19.6 Å². The molecule has 0 radical (unpaired) electrons. The Morgan fingerprint density at radius 1 is 1.40 bits per heavy atom. The lowest BCUT2D eigenvalue weighted by Crippen LogP contribution is -2.22. The average Bonchev–Trinajstić information content (AvgIpc) is 2.75. The first kappa shape index (κ1) is 15.5. The summed E-state index contributed by atoms with van der Waals surface area (Å²) in [5.74, 6) is 0. The van der Waals surface area contributed by atoms with Crippen molar-refractivity contribution < 1.29 is 4.74 Å². The lowest BCUT2D eigenvalue weighted by Gasteiger charge is -2.15. The minimum absolute atomic E-state index is 0.0607. The molecule has 2 aromatic heterocycles. The van der Waals surface area contributed by atoms with Crippen molar-refractivity contribution in [2.24, 2.45) is 7.05 Å². The summed E-state index contributed by atoms with van der Waals surface area (Å²) in [6, 6.07) is 1.11. The number of imidazole rings is 1. The van der Waals surface area contributed by atoms with E-state index in [2.05, 4.69) is 40.6 Å². The van der Waals surface area contributed by atoms with E-state index in [1.807, 2.05) is 0 Å². The Hall–Kier alpha value is -0.923. The minimum Gasteiger partial charge on any atom is -0.361 e. The lowest BCUT2D eigenvalue weighted by atomic mass is 10.4. The molecule has 0 saturated heterocycles. The van der Waals surface area contributed by atoms with Crippen molar-refractivity contribution in [2.75, 3.05) is 6.61 Å². The van der Waals surface area contributed by atoms with E-state index in [9.17, 15) is 4.79 Å². The standard InChI is InChI=1S/C13H20BrN3O2Si/c1-16-7-10(14)11-12(13(16)18)17(8-15-11)9-19-5-6-20(2,3)4/h7-8H,5-6,9H2,1-4H3. The lowest BCUT2D eigenvalue weighted by molar-refractivity contribution is 0.0897. The zero-order chi connectivity index (χ0) is 14.9. The van der Waals surface area contributed by atoms with Crippen LogP contribution < -0.4 is 5.56 Å². The molecule has 2 rings (SSSR count). The van der Waals surface area contributed by atoms with Crippen molar-refractivity contribution in [3.05, 3.63) is 27.4 Å². The van der Waals surface area contributed by atoms with Gasteiger partial charge in [0.25, 0.3) is 5.56 Å². The number of fused-ring (bicyclic) bond motifs is 1. The van der Waals surface area contributed by atoms with Gasteiger partial charge in [-0.15, -0.1) is 0 Å². The molecule has 0 spiro atoms. The molecule has 0 aromatic carbocycles. The third-order valence-corrected chi connectivity index (χ3v) is 5.41. The van der Waals surface area contributed by atoms with Gasteiger partial charge in [0.05, 0.1) is 10.8 Å². The zero-order valence-electron chi connectivity index (χ0n) is 12.3. The third kappa shape index (κ3) is 3.39. The first-order valence-electron chi connectivity index (χ1n) is 6.57. The molecule has 0 saturated carbocycles. The maximum atomic E-state index is 12.2. The summed E-state index contributed by atoms with van der Waals surface area (Å²) in [6.07, 6.45) is 3.39. The Labute approximate surface area is 127 Å². The molecule has 0 atom stereocenters. The van der Waals surface area contributed by atoms with Gasteiger partial charge in [0, 0.05) is 27.9 Å². The fourth-order valence-electron chi connectivity index (χ4n) is 1.88. The number of hydrogen-bond acceptors (Lipinski definition) is 3. The first-order chi connectivity index (χ1) is 9.29. The number of aryl methyl sites for hydroxylation is 1. The van der Waals surface area contributed by atoms with Gasteiger partial charge in [-0.2, -0.15) is 0 Å². The fourth-order valence-corrected chi connectivity index (χ4v) is 3.23. The van der Waals surface area contributed by atoms with E-state index < -0.39 is 8.07 Å². The predicted molar refractivity (Wildman–Crippen MR) is 86.8 cm³/mol. The van der Waals surface area contributed by atoms with Gasteiger partial charge in [-0.3, -0.25) is 4.79 Å². The summed E-state index contributed by atoms with van der Waals surface area (Å²) in [7, 11) is 0.647. The van der Waals surface area contributed by atoms with Crippen molar-refractivity contribution in [3.63, 3.8) is 0 Å². The third-order valence-electron chi connectivity index (χ3n) is 3.12. The average molecular weight is 358 g/mol. The van der Waals surface area contributed by atoms with Crippen LogP contribution in [0.2, 0.25) is 25.7 Å². The van der Waals surface area contributed by atoms with Crippen molar-refractivity contribution in [2.45, 2.75) is 32.4 Å². The minimum atomic E-state index is -1.08. The highest BCUT2D eigenvalue weighted by molar-refractivity contribution is 9.10. The molecule has 0 aliphatic heterocycles. The topological polar surface area (TPSA) is 49.0 Å². The quantitative estimate of drug-likeness (QED) is 0.610. The molecule has 0 N–H and O–H groups in total. The molecule has 7 heteroatoms. The van der Waals surface area contributed by atoms with Gasteiger partial charge in [0.15, 0.2) is 0 Å². The van der Waals surface area contributed by atoms with Gasteiger partial charge >= 0.3 is 0 Å². The van der Waals surface area contributed by atoms with Gasteiger partial charge in [0.1, 0.15) is 17.8 Å². The smallest absolute Gasteiger partial charge is 0.276 e. The number of pyridine rings is 1. The van der Waals surface area contributed by atoms with Gasteiger partial charge in [-0.25, -0.2) is 4.98 Å². The highest BCUT2D eigenvalue weighted by Gasteiger charge is 2.14. The van der Waals surface area contributed by atoms with Crippen LogP contribution in [0.3, 0.4) is 0 Å². The van der Waals surface area contributed by atoms with E-state index >= 15 is 0 Å². The molecule has 0 unspecified atom stereocenters. The van der Waals surface area contributed by atoms with Crippen LogP contribution >= 0.6 is 15.9 Å². The maximum absolute atomic E-state index is 12.2. The number of ether oxygens (including phenoxy) is 1. The Bertz CT molecular complexity index is 673. The van der Waals surface area contributed by atoms with Crippen molar-refractivity contribution in [3.8, 4) is 0 Å². The summed E-state index contributed by atoms with van der Waals surface area (Å²) in [4.78, 5) is 16.5. The Balaban J connectivity index is 2.18. The van der Waals surface area contributed by atoms with Gasteiger partial charge in [0.2, 0.25) is 0 Å². The first-order valence-corrected chi connectivity index (χ1v) is 11.1. The zero-order valence-corrected chi connectivity index (χ0v) is 14.9. The molecular formula is C13H20BrN3O2Si. The second-order valence-corrected chi connectivity index (χ2v) is 12.6. The molecule has 0 bridgehead atoms. The van der Waals surface area contributed by atoms with Crippen molar-refractivity contribution in [1.29, 1.82) is 0 Å². The van der Waals surface area contributed by atoms with Crippen LogP contribution in [0, 0.1) is 0 Å². The van der Waals surface area contributed by atoms with E-state index in [4.69, 9.17) is 4.74 Å². The second-order valence-electron chi connectivity index (χ2n) is 6.15. The molecule has 0 aliphatic rings. The molecule has 0 amide bonds. The highest BCUT2D eigenvalue weighted by Crippen LogP contribution is 2.19. The second kappa shape index (κ2) is 5.83. The van der Waals surface area contributed by atoms with E-state index in [1.165, 1.54) is 0 Å². The predicted octanol–water partition coefficient (Wildman–Crippen LogP) is 2.81. The molecule has 0 aliphatic carbocycles. The molecule has 110 valence electrons. The van der Waals surface area contributed by atoms with Crippen molar-refractivity contribution >= 4 is 35.0 Å². The fraction of sp³-hybridized carbons (Fsp3) is 0.538. The molecule has 2 heterocycles. The Kier molecular flexibility index (Phi) is 4.51. The van der Waals surface area contributed by atoms with Crippen LogP contribution in [0.15, 0.2) is 21.8 Å². The van der Waals surface area contributed by atoms with E-state index in [0.29, 0.717) is 17.8 Å². The number of halogens is 1. The summed E-state index contributed by atoms with van der Waals surface area (Å²) in [5, 5.41) is 0. The monoisotopic (exact) mass is 357 g/mol. The van der Waals surface area contributed by atoms with Crippen LogP contribution in [-0.2, 0) is 18.5 Å². The molecule has 2 aromatic rings. The summed E-state index contributed by atoms with van der Waals surface area (Å²) >= 11 is 3.43. The summed E-state index contributed by atoms with van der Waals surface area (Å²) in [6.45, 7) is 8.04. The van der Waals surface area contributed by atoms with Crippen LogP contribution in [-0.4, -0.2) is 28.8 Å². The van der Waals surface area contributed by atoms with E-state index in [0.717, 1.165) is 17.1 Å². The maximum Gasteiger partial charge on any atom is 0.276 e. The van der Waals surface area contributed by atoms with E-state index in [-0.39, 0.29) is 5.56 Å². The SMILES string of the molecule is Cn1cc(Br)c2ncn(COCC[Si](C)(C)C)c2c1=O. The highest BCUT2D eigenvalue weighted by atomic mass is 79.9. The molecule has 0 fully saturated rings. The number of hydrogen-bond donors (Lipinski definition) is 0. The Morgan fingerprint density at radius 3 is 2.75 bits per heavy atom. The summed E-state index contributed by atoms with van der Waals surface area (Å²) in [5.41, 5.74) is 1.20. The number of nitrogens with zero attached hydrogens (tertiary/aromatic N) is 3. The van der Waals surface area contributed by atoms with Gasteiger partial charge < -0.3 is 13.9 Å². The van der Waals surface area contributed by atoms with Crippen molar-refractivity contribution in [1.82, 2.24) is 14.1 Å². The normalized spacial score (nSPS) is 12.2. The number of rotatable bonds is 5. The largest absolute Gasteiger partial charge is 0.361 e. The van der Waals surface area contributed by atoms with Crippen LogP contribution in [0.1, 0.15) is 0 Å². The molecular weight excluding hydrogens is 338 g/mol. The van der Waals surface area contributed by atoms with Gasteiger partial charge in [-0.05, 0) is 22.0 Å². The van der Waals surface area contributed by atoms with Crippen LogP contribution in [0.5, 0.6) is 0 Å². The summed E-state index contributed by atoms with van der Waals surface area (Å²) < 4.78 is 9.83.